The van der Waals surface area contributed by atoms with E-state index in [1.807, 2.05) is 19.4 Å². The Kier molecular flexibility index (Phi) is 4.64. The van der Waals surface area contributed by atoms with E-state index >= 15 is 0 Å². The van der Waals surface area contributed by atoms with Crippen molar-refractivity contribution in [1.82, 2.24) is 20.1 Å². The first kappa shape index (κ1) is 13.7. The monoisotopic (exact) mass is 279 g/mol. The Hall–Kier alpha value is -1.73. The van der Waals surface area contributed by atoms with Crippen LogP contribution in [0.15, 0.2) is 22.4 Å². The standard InChI is InChI=1S/C12H17N5OS/c1-9-8-19-11(16-9)7-17-12(18)5-10(6-15-17)14-4-3-13-2/h5-6,8,13-14H,3-4,7H2,1-2H3. The van der Waals surface area contributed by atoms with Crippen LogP contribution in [0.5, 0.6) is 0 Å². The first-order valence-electron chi connectivity index (χ1n) is 6.05. The van der Waals surface area contributed by atoms with Gasteiger partial charge in [-0.25, -0.2) is 9.67 Å². The molecule has 0 aromatic carbocycles. The number of hydrogen-bond donors (Lipinski definition) is 2. The SMILES string of the molecule is CNCCNc1cnn(Cc2nc(C)cs2)c(=O)c1. The zero-order valence-corrected chi connectivity index (χ0v) is 11.8. The minimum absolute atomic E-state index is 0.123. The van der Waals surface area contributed by atoms with Gasteiger partial charge < -0.3 is 10.6 Å². The van der Waals surface area contributed by atoms with Crippen molar-refractivity contribution in [3.05, 3.63) is 38.7 Å². The van der Waals surface area contributed by atoms with Gasteiger partial charge in [0.05, 0.1) is 18.4 Å². The van der Waals surface area contributed by atoms with Gasteiger partial charge in [-0.15, -0.1) is 11.3 Å². The van der Waals surface area contributed by atoms with Gasteiger partial charge in [0.25, 0.3) is 5.56 Å². The van der Waals surface area contributed by atoms with Crippen molar-refractivity contribution in [2.45, 2.75) is 13.5 Å². The Morgan fingerprint density at radius 3 is 2.89 bits per heavy atom. The molecular formula is C12H17N5OS. The fourth-order valence-electron chi connectivity index (χ4n) is 1.58. The topological polar surface area (TPSA) is 71.8 Å². The van der Waals surface area contributed by atoms with Gasteiger partial charge in [-0.3, -0.25) is 4.79 Å². The smallest absolute Gasteiger partial charge is 0.269 e. The predicted molar refractivity (Wildman–Crippen MR) is 76.9 cm³/mol. The molecular weight excluding hydrogens is 262 g/mol. The van der Waals surface area contributed by atoms with Gasteiger partial charge in [-0.2, -0.15) is 5.10 Å². The molecule has 2 aromatic heterocycles. The number of anilines is 1. The van der Waals surface area contributed by atoms with Crippen molar-refractivity contribution >= 4 is 17.0 Å². The fourth-order valence-corrected chi connectivity index (χ4v) is 2.34. The van der Waals surface area contributed by atoms with Gasteiger partial charge in [-0.1, -0.05) is 0 Å². The summed E-state index contributed by atoms with van der Waals surface area (Å²) >= 11 is 1.54. The highest BCUT2D eigenvalue weighted by Gasteiger charge is 2.04. The molecule has 2 heterocycles. The minimum Gasteiger partial charge on any atom is -0.382 e. The molecule has 2 rings (SSSR count). The van der Waals surface area contributed by atoms with Gasteiger partial charge in [-0.05, 0) is 14.0 Å². The molecule has 6 nitrogen and oxygen atoms in total. The van der Waals surface area contributed by atoms with Crippen LogP contribution in [0.25, 0.3) is 0 Å². The molecule has 2 aromatic rings. The van der Waals surface area contributed by atoms with Gasteiger partial charge in [0.2, 0.25) is 0 Å². The summed E-state index contributed by atoms with van der Waals surface area (Å²) in [7, 11) is 1.88. The van der Waals surface area contributed by atoms with Crippen LogP contribution in [0.1, 0.15) is 10.7 Å². The lowest BCUT2D eigenvalue weighted by Gasteiger charge is -2.06. The van der Waals surface area contributed by atoms with E-state index in [1.54, 1.807) is 12.3 Å². The van der Waals surface area contributed by atoms with Crippen LogP contribution in [-0.2, 0) is 6.54 Å². The zero-order valence-electron chi connectivity index (χ0n) is 11.0. The van der Waals surface area contributed by atoms with Gasteiger partial charge in [0.1, 0.15) is 5.01 Å². The number of hydrogen-bond acceptors (Lipinski definition) is 6. The van der Waals surface area contributed by atoms with Gasteiger partial charge in [0, 0.05) is 30.2 Å². The first-order valence-corrected chi connectivity index (χ1v) is 6.93. The molecule has 0 aliphatic carbocycles. The number of aryl methyl sites for hydroxylation is 1. The van der Waals surface area contributed by atoms with E-state index in [9.17, 15) is 4.79 Å². The summed E-state index contributed by atoms with van der Waals surface area (Å²) < 4.78 is 1.42. The van der Waals surface area contributed by atoms with Gasteiger partial charge >= 0.3 is 0 Å². The Morgan fingerprint density at radius 2 is 2.26 bits per heavy atom. The molecule has 0 spiro atoms. The first-order chi connectivity index (χ1) is 9.19. The summed E-state index contributed by atoms with van der Waals surface area (Å²) in [5.74, 6) is 0. The lowest BCUT2D eigenvalue weighted by atomic mass is 10.4. The van der Waals surface area contributed by atoms with Crippen molar-refractivity contribution in [2.75, 3.05) is 25.5 Å². The van der Waals surface area contributed by atoms with Crippen LogP contribution < -0.4 is 16.2 Å². The van der Waals surface area contributed by atoms with Crippen molar-refractivity contribution in [2.24, 2.45) is 0 Å². The van der Waals surface area contributed by atoms with E-state index in [4.69, 9.17) is 0 Å². The minimum atomic E-state index is -0.123. The average molecular weight is 279 g/mol. The second-order valence-corrected chi connectivity index (χ2v) is 5.10. The molecule has 0 unspecified atom stereocenters. The lowest BCUT2D eigenvalue weighted by molar-refractivity contribution is 0.636. The van der Waals surface area contributed by atoms with E-state index < -0.39 is 0 Å². The van der Waals surface area contributed by atoms with Crippen molar-refractivity contribution in [3.63, 3.8) is 0 Å². The molecule has 0 aliphatic rings. The molecule has 0 radical (unpaired) electrons. The highest BCUT2D eigenvalue weighted by atomic mass is 32.1. The third-order valence-corrected chi connectivity index (χ3v) is 3.48. The second-order valence-electron chi connectivity index (χ2n) is 4.15. The quantitative estimate of drug-likeness (QED) is 0.761. The summed E-state index contributed by atoms with van der Waals surface area (Å²) in [6, 6.07) is 1.56. The highest BCUT2D eigenvalue weighted by Crippen LogP contribution is 2.09. The third kappa shape index (κ3) is 3.87. The Labute approximate surface area is 115 Å². The second kappa shape index (κ2) is 6.44. The van der Waals surface area contributed by atoms with Crippen LogP contribution in [0, 0.1) is 6.92 Å². The molecule has 0 aliphatic heterocycles. The number of nitrogens with zero attached hydrogens (tertiary/aromatic N) is 3. The maximum absolute atomic E-state index is 11.9. The Morgan fingerprint density at radius 1 is 1.42 bits per heavy atom. The molecule has 0 saturated carbocycles. The highest BCUT2D eigenvalue weighted by molar-refractivity contribution is 7.09. The van der Waals surface area contributed by atoms with E-state index in [2.05, 4.69) is 20.7 Å². The maximum atomic E-state index is 11.9. The van der Waals surface area contributed by atoms with Crippen LogP contribution in [-0.4, -0.2) is 34.9 Å². The molecule has 7 heteroatoms. The van der Waals surface area contributed by atoms with Crippen LogP contribution in [0.2, 0.25) is 0 Å². The van der Waals surface area contributed by atoms with Gasteiger partial charge in [0.15, 0.2) is 0 Å². The van der Waals surface area contributed by atoms with Crippen molar-refractivity contribution < 1.29 is 0 Å². The maximum Gasteiger partial charge on any atom is 0.269 e. The van der Waals surface area contributed by atoms with E-state index in [0.717, 1.165) is 29.5 Å². The number of rotatable bonds is 6. The number of aromatic nitrogens is 3. The number of likely N-dealkylation sites (N-methyl/N-ethyl adjacent to an activating group) is 1. The molecule has 0 fully saturated rings. The Balaban J connectivity index is 2.04. The Bertz CT molecular complexity index is 592. The van der Waals surface area contributed by atoms with E-state index in [1.165, 1.54) is 16.0 Å². The molecule has 0 bridgehead atoms. The normalized spacial score (nSPS) is 10.6. The number of thiazole rings is 1. The fraction of sp³-hybridized carbons (Fsp3) is 0.417. The zero-order chi connectivity index (χ0) is 13.7. The molecule has 0 atom stereocenters. The third-order valence-electron chi connectivity index (χ3n) is 2.53. The van der Waals surface area contributed by atoms with E-state index in [-0.39, 0.29) is 5.56 Å². The average Bonchev–Trinajstić information content (AvgIpc) is 2.79. The van der Waals surface area contributed by atoms with Crippen molar-refractivity contribution in [1.29, 1.82) is 0 Å². The summed E-state index contributed by atoms with van der Waals surface area (Å²) in [6.45, 7) is 3.95. The summed E-state index contributed by atoms with van der Waals surface area (Å²) in [5.41, 5.74) is 1.59. The molecule has 2 N–H and O–H groups in total. The predicted octanol–water partition coefficient (Wildman–Crippen LogP) is 0.688. The van der Waals surface area contributed by atoms with Crippen molar-refractivity contribution in [3.8, 4) is 0 Å². The van der Waals surface area contributed by atoms with Crippen LogP contribution >= 0.6 is 11.3 Å². The molecule has 0 amide bonds. The summed E-state index contributed by atoms with van der Waals surface area (Å²) in [5, 5.41) is 13.2. The molecule has 19 heavy (non-hydrogen) atoms. The largest absolute Gasteiger partial charge is 0.382 e. The van der Waals surface area contributed by atoms with Crippen LogP contribution in [0.4, 0.5) is 5.69 Å². The lowest BCUT2D eigenvalue weighted by Crippen LogP contribution is -2.24. The summed E-state index contributed by atoms with van der Waals surface area (Å²) in [6.07, 6.45) is 1.66. The molecule has 102 valence electrons. The van der Waals surface area contributed by atoms with Crippen LogP contribution in [0.3, 0.4) is 0 Å². The van der Waals surface area contributed by atoms with E-state index in [0.29, 0.717) is 6.54 Å². The summed E-state index contributed by atoms with van der Waals surface area (Å²) in [4.78, 5) is 16.2. The number of nitrogens with one attached hydrogen (secondary N) is 2. The molecule has 0 saturated heterocycles.